The van der Waals surface area contributed by atoms with E-state index in [4.69, 9.17) is 0 Å². The number of hydrogen-bond donors (Lipinski definition) is 1. The lowest BCUT2D eigenvalue weighted by Gasteiger charge is -2.26. The fraction of sp³-hybridized carbons (Fsp3) is 0.565. The van der Waals surface area contributed by atoms with Crippen LogP contribution in [0.3, 0.4) is 0 Å². The highest BCUT2D eigenvalue weighted by atomic mass is 35.5. The Morgan fingerprint density at radius 3 is 2.38 bits per heavy atom. The molecule has 0 amide bonds. The van der Waals surface area contributed by atoms with Gasteiger partial charge in [0.2, 0.25) is 0 Å². The van der Waals surface area contributed by atoms with E-state index in [0.29, 0.717) is 0 Å². The fourth-order valence-electron chi connectivity index (χ4n) is 4.21. The standard InChI is InChI=1S/C23H33NO.ClH/c25-19-21(23-15-10-13-20-11-5-6-14-22(20)23)12-4-1-2-7-16-24-17-8-3-9-18-24;/h5-6,10-11,13-15,21,25H,1-4,7-9,12,16-19H2;1H. The van der Waals surface area contributed by atoms with Crippen LogP contribution in [0.5, 0.6) is 0 Å². The first-order valence-electron chi connectivity index (χ1n) is 10.2. The van der Waals surface area contributed by atoms with Gasteiger partial charge >= 0.3 is 0 Å². The molecule has 2 nitrogen and oxygen atoms in total. The summed E-state index contributed by atoms with van der Waals surface area (Å²) in [5.74, 6) is 0.271. The van der Waals surface area contributed by atoms with E-state index >= 15 is 0 Å². The van der Waals surface area contributed by atoms with Crippen LogP contribution in [0.15, 0.2) is 42.5 Å². The molecule has 2 aromatic rings. The molecular weight excluding hydrogens is 342 g/mol. The second kappa shape index (κ2) is 11.6. The third-order valence-electron chi connectivity index (χ3n) is 5.71. The Labute approximate surface area is 165 Å². The number of nitrogens with zero attached hydrogens (tertiary/aromatic N) is 1. The van der Waals surface area contributed by atoms with Crippen molar-refractivity contribution in [2.45, 2.75) is 57.3 Å². The van der Waals surface area contributed by atoms with E-state index in [2.05, 4.69) is 47.4 Å². The number of piperidine rings is 1. The number of halogens is 1. The van der Waals surface area contributed by atoms with Crippen LogP contribution in [0.4, 0.5) is 0 Å². The highest BCUT2D eigenvalue weighted by Crippen LogP contribution is 2.29. The second-order valence-electron chi connectivity index (χ2n) is 7.55. The first-order valence-corrected chi connectivity index (χ1v) is 10.2. The maximum Gasteiger partial charge on any atom is 0.0499 e. The van der Waals surface area contributed by atoms with Gasteiger partial charge in [-0.1, -0.05) is 68.1 Å². The number of unbranched alkanes of at least 4 members (excludes halogenated alkanes) is 3. The molecule has 3 heteroatoms. The van der Waals surface area contributed by atoms with E-state index in [1.54, 1.807) is 0 Å². The molecule has 0 bridgehead atoms. The molecule has 0 aromatic heterocycles. The van der Waals surface area contributed by atoms with Crippen LogP contribution in [0.1, 0.15) is 62.8 Å². The van der Waals surface area contributed by atoms with E-state index in [1.807, 2.05) is 0 Å². The zero-order valence-electron chi connectivity index (χ0n) is 15.9. The summed E-state index contributed by atoms with van der Waals surface area (Å²) in [6, 6.07) is 15.0. The normalized spacial score (nSPS) is 16.3. The minimum atomic E-state index is 0. The molecular formula is C23H34ClNO. The van der Waals surface area contributed by atoms with E-state index < -0.39 is 0 Å². The number of fused-ring (bicyclic) bond motifs is 1. The second-order valence-corrected chi connectivity index (χ2v) is 7.55. The van der Waals surface area contributed by atoms with Gasteiger partial charge in [-0.2, -0.15) is 0 Å². The topological polar surface area (TPSA) is 23.5 Å². The van der Waals surface area contributed by atoms with E-state index in [1.165, 1.54) is 80.9 Å². The largest absolute Gasteiger partial charge is 0.396 e. The van der Waals surface area contributed by atoms with Crippen LogP contribution >= 0.6 is 12.4 Å². The molecule has 3 rings (SSSR count). The molecule has 1 atom stereocenters. The predicted molar refractivity (Wildman–Crippen MR) is 114 cm³/mol. The van der Waals surface area contributed by atoms with Crippen molar-refractivity contribution < 1.29 is 5.11 Å². The van der Waals surface area contributed by atoms with Crippen LogP contribution in [0.25, 0.3) is 10.8 Å². The fourth-order valence-corrected chi connectivity index (χ4v) is 4.21. The molecule has 1 heterocycles. The Morgan fingerprint density at radius 2 is 1.58 bits per heavy atom. The summed E-state index contributed by atoms with van der Waals surface area (Å²) in [7, 11) is 0. The van der Waals surface area contributed by atoms with Gasteiger partial charge in [0.1, 0.15) is 0 Å². The van der Waals surface area contributed by atoms with Crippen LogP contribution in [0, 0.1) is 0 Å². The van der Waals surface area contributed by atoms with E-state index in [0.717, 1.165) is 6.42 Å². The Balaban J connectivity index is 0.00000243. The van der Waals surface area contributed by atoms with Crippen LogP contribution in [-0.4, -0.2) is 36.2 Å². The summed E-state index contributed by atoms with van der Waals surface area (Å²) in [5, 5.41) is 12.5. The maximum absolute atomic E-state index is 9.91. The van der Waals surface area contributed by atoms with Gasteiger partial charge in [-0.05, 0) is 61.7 Å². The van der Waals surface area contributed by atoms with Crippen molar-refractivity contribution >= 4 is 23.2 Å². The van der Waals surface area contributed by atoms with Gasteiger partial charge in [0.25, 0.3) is 0 Å². The van der Waals surface area contributed by atoms with Gasteiger partial charge in [-0.25, -0.2) is 0 Å². The maximum atomic E-state index is 9.91. The zero-order valence-corrected chi connectivity index (χ0v) is 16.7. The van der Waals surface area contributed by atoms with Crippen LogP contribution in [-0.2, 0) is 0 Å². The lowest BCUT2D eigenvalue weighted by atomic mass is 9.90. The Morgan fingerprint density at radius 1 is 0.846 bits per heavy atom. The third kappa shape index (κ3) is 5.97. The highest BCUT2D eigenvalue weighted by molar-refractivity contribution is 5.86. The van der Waals surface area contributed by atoms with Gasteiger partial charge < -0.3 is 10.0 Å². The molecule has 26 heavy (non-hydrogen) atoms. The minimum Gasteiger partial charge on any atom is -0.396 e. The number of rotatable bonds is 9. The molecule has 0 radical (unpaired) electrons. The number of hydrogen-bond acceptors (Lipinski definition) is 2. The van der Waals surface area contributed by atoms with Crippen LogP contribution in [0.2, 0.25) is 0 Å². The quantitative estimate of drug-likeness (QED) is 0.562. The van der Waals surface area contributed by atoms with Crippen molar-refractivity contribution in [1.82, 2.24) is 4.90 Å². The monoisotopic (exact) mass is 375 g/mol. The first-order chi connectivity index (χ1) is 12.4. The van der Waals surface area contributed by atoms with Gasteiger partial charge in [0.05, 0.1) is 0 Å². The molecule has 1 aliphatic heterocycles. The van der Waals surface area contributed by atoms with Crippen molar-refractivity contribution in [3.8, 4) is 0 Å². The number of aliphatic hydroxyl groups is 1. The summed E-state index contributed by atoms with van der Waals surface area (Å²) in [6.07, 6.45) is 10.5. The Kier molecular flexibility index (Phi) is 9.45. The van der Waals surface area contributed by atoms with E-state index in [-0.39, 0.29) is 24.9 Å². The summed E-state index contributed by atoms with van der Waals surface area (Å²) in [5.41, 5.74) is 1.31. The summed E-state index contributed by atoms with van der Waals surface area (Å²) in [6.45, 7) is 4.16. The summed E-state index contributed by atoms with van der Waals surface area (Å²) in [4.78, 5) is 2.64. The number of likely N-dealkylation sites (tertiary alicyclic amines) is 1. The average Bonchev–Trinajstić information content (AvgIpc) is 2.68. The number of aliphatic hydroxyl groups excluding tert-OH is 1. The molecule has 0 aliphatic carbocycles. The smallest absolute Gasteiger partial charge is 0.0499 e. The number of benzene rings is 2. The van der Waals surface area contributed by atoms with Crippen molar-refractivity contribution in [2.24, 2.45) is 0 Å². The molecule has 144 valence electrons. The minimum absolute atomic E-state index is 0. The molecule has 2 aromatic carbocycles. The van der Waals surface area contributed by atoms with Gasteiger partial charge in [-0.3, -0.25) is 0 Å². The molecule has 1 fully saturated rings. The Hall–Kier alpha value is -1.09. The van der Waals surface area contributed by atoms with Crippen molar-refractivity contribution in [3.05, 3.63) is 48.0 Å². The van der Waals surface area contributed by atoms with E-state index in [9.17, 15) is 5.11 Å². The average molecular weight is 376 g/mol. The molecule has 1 N–H and O–H groups in total. The lowest BCUT2D eigenvalue weighted by Crippen LogP contribution is -2.30. The highest BCUT2D eigenvalue weighted by Gasteiger charge is 2.13. The Bertz CT molecular complexity index is 634. The van der Waals surface area contributed by atoms with Gasteiger partial charge in [0.15, 0.2) is 0 Å². The van der Waals surface area contributed by atoms with Gasteiger partial charge in [-0.15, -0.1) is 12.4 Å². The van der Waals surface area contributed by atoms with Crippen LogP contribution < -0.4 is 0 Å². The van der Waals surface area contributed by atoms with Gasteiger partial charge in [0, 0.05) is 12.5 Å². The zero-order chi connectivity index (χ0) is 17.3. The molecule has 1 saturated heterocycles. The van der Waals surface area contributed by atoms with Crippen molar-refractivity contribution in [2.75, 3.05) is 26.2 Å². The summed E-state index contributed by atoms with van der Waals surface area (Å²) >= 11 is 0. The third-order valence-corrected chi connectivity index (χ3v) is 5.71. The molecule has 0 spiro atoms. The molecule has 0 saturated carbocycles. The van der Waals surface area contributed by atoms with Crippen molar-refractivity contribution in [3.63, 3.8) is 0 Å². The SMILES string of the molecule is Cl.OCC(CCCCCCN1CCCCC1)c1cccc2ccccc12. The lowest BCUT2D eigenvalue weighted by molar-refractivity contribution is 0.223. The summed E-state index contributed by atoms with van der Waals surface area (Å²) < 4.78 is 0. The van der Waals surface area contributed by atoms with Crippen molar-refractivity contribution in [1.29, 1.82) is 0 Å². The molecule has 1 aliphatic rings. The first kappa shape index (κ1) is 21.2. The predicted octanol–water partition coefficient (Wildman–Crippen LogP) is 5.77. The molecule has 1 unspecified atom stereocenters.